The third-order valence-corrected chi connectivity index (χ3v) is 2.98. The molecule has 0 amide bonds. The van der Waals surface area contributed by atoms with Crippen molar-refractivity contribution in [1.82, 2.24) is 0 Å². The summed E-state index contributed by atoms with van der Waals surface area (Å²) in [5.74, 6) is -0.277. The van der Waals surface area contributed by atoms with Crippen molar-refractivity contribution in [1.29, 1.82) is 0 Å². The fourth-order valence-corrected chi connectivity index (χ4v) is 1.66. The van der Waals surface area contributed by atoms with Crippen LogP contribution in [0, 0.1) is 6.92 Å². The van der Waals surface area contributed by atoms with Crippen molar-refractivity contribution in [2.45, 2.75) is 20.3 Å². The zero-order valence-corrected chi connectivity index (χ0v) is 10.2. The van der Waals surface area contributed by atoms with E-state index in [-0.39, 0.29) is 12.4 Å². The highest BCUT2D eigenvalue weighted by Crippen LogP contribution is 2.27. The molecular weight excluding hydrogens is 235 g/mol. The molecule has 1 aromatic carbocycles. The first-order valence-electron chi connectivity index (χ1n) is 4.65. The Labute approximate surface area is 99.1 Å². The molecule has 0 radical (unpaired) electrons. The fraction of sp³-hybridized carbons (Fsp3) is 0.364. The molecule has 0 aliphatic carbocycles. The van der Waals surface area contributed by atoms with Crippen LogP contribution in [0.4, 0.5) is 0 Å². The van der Waals surface area contributed by atoms with E-state index in [2.05, 4.69) is 0 Å². The smallest absolute Gasteiger partial charge is 0.310 e. The van der Waals surface area contributed by atoms with E-state index in [1.807, 2.05) is 6.92 Å². The molecule has 0 atom stereocenters. The Morgan fingerprint density at radius 1 is 1.40 bits per heavy atom. The van der Waals surface area contributed by atoms with Crippen molar-refractivity contribution in [3.8, 4) is 0 Å². The largest absolute Gasteiger partial charge is 0.466 e. The van der Waals surface area contributed by atoms with Crippen LogP contribution in [-0.2, 0) is 16.0 Å². The van der Waals surface area contributed by atoms with E-state index in [1.165, 1.54) is 0 Å². The quantitative estimate of drug-likeness (QED) is 0.765. The van der Waals surface area contributed by atoms with Gasteiger partial charge in [0.25, 0.3) is 0 Å². The maximum absolute atomic E-state index is 11.2. The lowest BCUT2D eigenvalue weighted by molar-refractivity contribution is -0.142. The minimum atomic E-state index is -0.277. The molecule has 0 unspecified atom stereocenters. The number of ether oxygens (including phenoxy) is 1. The normalized spacial score (nSPS) is 10.1. The molecule has 0 heterocycles. The molecule has 0 aliphatic heterocycles. The van der Waals surface area contributed by atoms with E-state index >= 15 is 0 Å². The number of hydrogen-bond acceptors (Lipinski definition) is 2. The van der Waals surface area contributed by atoms with Crippen molar-refractivity contribution >= 4 is 29.2 Å². The molecule has 0 saturated carbocycles. The topological polar surface area (TPSA) is 26.3 Å². The van der Waals surface area contributed by atoms with E-state index in [9.17, 15) is 4.79 Å². The molecule has 0 saturated heterocycles. The molecule has 0 fully saturated rings. The predicted molar refractivity (Wildman–Crippen MR) is 61.5 cm³/mol. The summed E-state index contributed by atoms with van der Waals surface area (Å²) in [4.78, 5) is 11.2. The second kappa shape index (κ2) is 5.38. The predicted octanol–water partition coefficient (Wildman–Crippen LogP) is 3.41. The van der Waals surface area contributed by atoms with E-state index < -0.39 is 0 Å². The van der Waals surface area contributed by atoms with Gasteiger partial charge in [-0.15, -0.1) is 0 Å². The second-order valence-corrected chi connectivity index (χ2v) is 3.91. The Hall–Kier alpha value is -0.730. The number of esters is 1. The summed E-state index contributed by atoms with van der Waals surface area (Å²) in [5, 5.41) is 1.14. The SMILES string of the molecule is CCOC(=O)Cc1ccc(Cl)c(C)c1Cl. The van der Waals surface area contributed by atoms with Gasteiger partial charge in [0.15, 0.2) is 0 Å². The van der Waals surface area contributed by atoms with E-state index in [4.69, 9.17) is 27.9 Å². The summed E-state index contributed by atoms with van der Waals surface area (Å²) in [6, 6.07) is 3.48. The summed E-state index contributed by atoms with van der Waals surface area (Å²) < 4.78 is 4.84. The first kappa shape index (κ1) is 12.3. The summed E-state index contributed by atoms with van der Waals surface area (Å²) in [5.41, 5.74) is 1.54. The zero-order valence-electron chi connectivity index (χ0n) is 8.64. The Balaban J connectivity index is 2.87. The molecule has 0 aromatic heterocycles. The maximum Gasteiger partial charge on any atom is 0.310 e. The number of benzene rings is 1. The van der Waals surface area contributed by atoms with Gasteiger partial charge in [-0.25, -0.2) is 0 Å². The number of carbonyl (C=O) groups excluding carboxylic acids is 1. The van der Waals surface area contributed by atoms with Gasteiger partial charge in [-0.3, -0.25) is 4.79 Å². The summed E-state index contributed by atoms with van der Waals surface area (Å²) in [7, 11) is 0. The monoisotopic (exact) mass is 246 g/mol. The average Bonchev–Trinajstić information content (AvgIpc) is 2.20. The molecule has 2 nitrogen and oxygen atoms in total. The number of carbonyl (C=O) groups is 1. The molecular formula is C11H12Cl2O2. The number of halogens is 2. The highest BCUT2D eigenvalue weighted by Gasteiger charge is 2.11. The summed E-state index contributed by atoms with van der Waals surface area (Å²) in [6.07, 6.45) is 0.185. The minimum absolute atomic E-state index is 0.185. The molecule has 4 heteroatoms. The van der Waals surface area contributed by atoms with Crippen molar-refractivity contribution in [2.24, 2.45) is 0 Å². The van der Waals surface area contributed by atoms with Gasteiger partial charge >= 0.3 is 5.97 Å². The first-order valence-corrected chi connectivity index (χ1v) is 5.41. The van der Waals surface area contributed by atoms with Crippen molar-refractivity contribution in [3.63, 3.8) is 0 Å². The lowest BCUT2D eigenvalue weighted by Gasteiger charge is -2.07. The number of rotatable bonds is 3. The van der Waals surface area contributed by atoms with Gasteiger partial charge in [0, 0.05) is 10.0 Å². The maximum atomic E-state index is 11.2. The fourth-order valence-electron chi connectivity index (χ4n) is 1.22. The molecule has 0 spiro atoms. The lowest BCUT2D eigenvalue weighted by Crippen LogP contribution is -2.08. The number of hydrogen-bond donors (Lipinski definition) is 0. The summed E-state index contributed by atoms with van der Waals surface area (Å²) >= 11 is 11.9. The van der Waals surface area contributed by atoms with Gasteiger partial charge in [-0.1, -0.05) is 29.3 Å². The third kappa shape index (κ3) is 3.11. The molecule has 0 bridgehead atoms. The van der Waals surface area contributed by atoms with Gasteiger partial charge < -0.3 is 4.74 Å². The standard InChI is InChI=1S/C11H12Cl2O2/c1-3-15-10(14)6-8-4-5-9(12)7(2)11(8)13/h4-5H,3,6H2,1-2H3. The Morgan fingerprint density at radius 2 is 2.07 bits per heavy atom. The van der Waals surface area contributed by atoms with Gasteiger partial charge in [-0.05, 0) is 31.0 Å². The van der Waals surface area contributed by atoms with Crippen LogP contribution in [0.2, 0.25) is 10.0 Å². The molecule has 0 aliphatic rings. The first-order chi connectivity index (χ1) is 7.06. The molecule has 15 heavy (non-hydrogen) atoms. The van der Waals surface area contributed by atoms with Crippen molar-refractivity contribution < 1.29 is 9.53 Å². The Morgan fingerprint density at radius 3 is 2.67 bits per heavy atom. The van der Waals surface area contributed by atoms with Gasteiger partial charge in [0.05, 0.1) is 13.0 Å². The lowest BCUT2D eigenvalue weighted by atomic mass is 10.1. The van der Waals surface area contributed by atoms with E-state index in [0.29, 0.717) is 16.7 Å². The van der Waals surface area contributed by atoms with Gasteiger partial charge in [0.2, 0.25) is 0 Å². The van der Waals surface area contributed by atoms with Gasteiger partial charge in [-0.2, -0.15) is 0 Å². The van der Waals surface area contributed by atoms with E-state index in [0.717, 1.165) is 11.1 Å². The third-order valence-electron chi connectivity index (χ3n) is 2.04. The van der Waals surface area contributed by atoms with Gasteiger partial charge in [0.1, 0.15) is 0 Å². The minimum Gasteiger partial charge on any atom is -0.466 e. The molecule has 1 aromatic rings. The second-order valence-electron chi connectivity index (χ2n) is 3.13. The van der Waals surface area contributed by atoms with E-state index in [1.54, 1.807) is 19.1 Å². The van der Waals surface area contributed by atoms with Crippen LogP contribution in [0.1, 0.15) is 18.1 Å². The molecule has 0 N–H and O–H groups in total. The Kier molecular flexibility index (Phi) is 4.43. The Bertz CT molecular complexity index is 375. The van der Waals surface area contributed by atoms with Crippen molar-refractivity contribution in [2.75, 3.05) is 6.61 Å². The molecule has 1 rings (SSSR count). The van der Waals surface area contributed by atoms with Crippen LogP contribution in [0.25, 0.3) is 0 Å². The van der Waals surface area contributed by atoms with Crippen LogP contribution in [0.3, 0.4) is 0 Å². The van der Waals surface area contributed by atoms with Crippen LogP contribution >= 0.6 is 23.2 Å². The van der Waals surface area contributed by atoms with Crippen molar-refractivity contribution in [3.05, 3.63) is 33.3 Å². The van der Waals surface area contributed by atoms with Crippen LogP contribution in [0.15, 0.2) is 12.1 Å². The molecule has 82 valence electrons. The summed E-state index contributed by atoms with van der Waals surface area (Å²) in [6.45, 7) is 3.97. The highest BCUT2D eigenvalue weighted by atomic mass is 35.5. The highest BCUT2D eigenvalue weighted by molar-refractivity contribution is 6.36. The van der Waals surface area contributed by atoms with Crippen LogP contribution in [-0.4, -0.2) is 12.6 Å². The average molecular weight is 247 g/mol. The van der Waals surface area contributed by atoms with Crippen LogP contribution in [0.5, 0.6) is 0 Å². The zero-order chi connectivity index (χ0) is 11.4. The van der Waals surface area contributed by atoms with Crippen LogP contribution < -0.4 is 0 Å².